The van der Waals surface area contributed by atoms with Crippen molar-refractivity contribution in [2.45, 2.75) is 19.8 Å². The quantitative estimate of drug-likeness (QED) is 0.646. The molecule has 0 atom stereocenters. The molecule has 0 amide bonds. The van der Waals surface area contributed by atoms with Crippen LogP contribution in [0.4, 0.5) is 0 Å². The number of hydrogen-bond acceptors (Lipinski definition) is 2. The second-order valence-corrected chi connectivity index (χ2v) is 5.47. The fourth-order valence-corrected chi connectivity index (χ4v) is 3.11. The molecule has 0 aliphatic carbocycles. The van der Waals surface area contributed by atoms with Crippen molar-refractivity contribution < 1.29 is 0 Å². The first kappa shape index (κ1) is 11.4. The smallest absolute Gasteiger partial charge is 0.124 e. The van der Waals surface area contributed by atoms with E-state index in [1.54, 1.807) is 11.3 Å². The number of aromatic nitrogens is 1. The van der Waals surface area contributed by atoms with Crippen LogP contribution in [-0.4, -0.2) is 4.98 Å². The Kier molecular flexibility index (Phi) is 3.11. The number of para-hydroxylation sites is 1. The molecule has 3 rings (SSSR count). The van der Waals surface area contributed by atoms with E-state index in [1.165, 1.54) is 22.2 Å². The molecule has 0 fully saturated rings. The summed E-state index contributed by atoms with van der Waals surface area (Å²) < 4.78 is 1.26. The van der Waals surface area contributed by atoms with Gasteiger partial charge in [-0.25, -0.2) is 4.98 Å². The number of aryl methyl sites for hydroxylation is 1. The highest BCUT2D eigenvalue weighted by Crippen LogP contribution is 2.30. The molecular formula is C16H15NS. The molecule has 0 saturated carbocycles. The van der Waals surface area contributed by atoms with Crippen LogP contribution in [0.25, 0.3) is 20.8 Å². The highest BCUT2D eigenvalue weighted by Gasteiger charge is 2.05. The van der Waals surface area contributed by atoms with Crippen molar-refractivity contribution in [3.05, 3.63) is 54.1 Å². The number of hydrogen-bond donors (Lipinski definition) is 0. The monoisotopic (exact) mass is 253 g/mol. The Morgan fingerprint density at radius 1 is 1.06 bits per heavy atom. The molecule has 0 N–H and O–H groups in total. The first-order chi connectivity index (χ1) is 8.86. The third-order valence-corrected chi connectivity index (χ3v) is 4.09. The van der Waals surface area contributed by atoms with Gasteiger partial charge in [-0.2, -0.15) is 0 Å². The molecule has 3 aromatic rings. The molecule has 0 bridgehead atoms. The van der Waals surface area contributed by atoms with Crippen molar-refractivity contribution in [2.24, 2.45) is 0 Å². The van der Waals surface area contributed by atoms with E-state index in [2.05, 4.69) is 49.4 Å². The molecule has 2 heteroatoms. The summed E-state index contributed by atoms with van der Waals surface area (Å²) in [6.45, 7) is 2.21. The zero-order valence-electron chi connectivity index (χ0n) is 10.4. The molecule has 0 unspecified atom stereocenters. The maximum Gasteiger partial charge on any atom is 0.124 e. The van der Waals surface area contributed by atoms with Gasteiger partial charge < -0.3 is 0 Å². The Hall–Kier alpha value is -1.67. The van der Waals surface area contributed by atoms with Crippen LogP contribution in [0.15, 0.2) is 48.5 Å². The van der Waals surface area contributed by atoms with Crippen LogP contribution in [0.5, 0.6) is 0 Å². The van der Waals surface area contributed by atoms with Gasteiger partial charge in [0.05, 0.1) is 10.2 Å². The molecule has 2 aromatic carbocycles. The first-order valence-corrected chi connectivity index (χ1v) is 7.13. The minimum Gasteiger partial charge on any atom is -0.236 e. The molecule has 0 aliphatic rings. The van der Waals surface area contributed by atoms with Gasteiger partial charge in [0, 0.05) is 5.56 Å². The molecule has 0 aliphatic heterocycles. The summed E-state index contributed by atoms with van der Waals surface area (Å²) in [6, 6.07) is 17.1. The number of rotatable bonds is 3. The Balaban J connectivity index is 2.05. The highest BCUT2D eigenvalue weighted by atomic mass is 32.1. The van der Waals surface area contributed by atoms with Crippen molar-refractivity contribution in [3.8, 4) is 10.6 Å². The molecule has 1 aromatic heterocycles. The molecule has 1 nitrogen and oxygen atoms in total. The van der Waals surface area contributed by atoms with Crippen LogP contribution < -0.4 is 0 Å². The average Bonchev–Trinajstić information content (AvgIpc) is 2.83. The van der Waals surface area contributed by atoms with Gasteiger partial charge in [-0.3, -0.25) is 0 Å². The summed E-state index contributed by atoms with van der Waals surface area (Å²) in [5.74, 6) is 0. The van der Waals surface area contributed by atoms with Crippen molar-refractivity contribution in [2.75, 3.05) is 0 Å². The zero-order valence-corrected chi connectivity index (χ0v) is 11.2. The van der Waals surface area contributed by atoms with Crippen molar-refractivity contribution >= 4 is 21.6 Å². The van der Waals surface area contributed by atoms with E-state index in [-0.39, 0.29) is 0 Å². The molecular weight excluding hydrogens is 238 g/mol. The van der Waals surface area contributed by atoms with Crippen LogP contribution in [0.1, 0.15) is 18.9 Å². The highest BCUT2D eigenvalue weighted by molar-refractivity contribution is 7.21. The van der Waals surface area contributed by atoms with Crippen LogP contribution in [0.2, 0.25) is 0 Å². The third-order valence-electron chi connectivity index (χ3n) is 3.01. The summed E-state index contributed by atoms with van der Waals surface area (Å²) >= 11 is 1.77. The first-order valence-electron chi connectivity index (χ1n) is 6.31. The minimum atomic E-state index is 1.10. The Labute approximate surface area is 111 Å². The molecule has 0 saturated heterocycles. The summed E-state index contributed by atoms with van der Waals surface area (Å²) in [5, 5.41) is 1.12. The lowest BCUT2D eigenvalue weighted by Crippen LogP contribution is -1.84. The van der Waals surface area contributed by atoms with E-state index in [4.69, 9.17) is 4.98 Å². The van der Waals surface area contributed by atoms with Gasteiger partial charge in [0.2, 0.25) is 0 Å². The number of fused-ring (bicyclic) bond motifs is 1. The third kappa shape index (κ3) is 2.16. The van der Waals surface area contributed by atoms with E-state index in [0.29, 0.717) is 0 Å². The average molecular weight is 253 g/mol. The Morgan fingerprint density at radius 3 is 2.78 bits per heavy atom. The summed E-state index contributed by atoms with van der Waals surface area (Å²) in [7, 11) is 0. The van der Waals surface area contributed by atoms with E-state index in [0.717, 1.165) is 16.9 Å². The van der Waals surface area contributed by atoms with Gasteiger partial charge in [-0.1, -0.05) is 43.7 Å². The number of benzene rings is 2. The molecule has 1 heterocycles. The van der Waals surface area contributed by atoms with Gasteiger partial charge in [0.25, 0.3) is 0 Å². The van der Waals surface area contributed by atoms with Gasteiger partial charge in [-0.15, -0.1) is 11.3 Å². The maximum absolute atomic E-state index is 4.70. The zero-order chi connectivity index (χ0) is 12.4. The van der Waals surface area contributed by atoms with Crippen LogP contribution >= 0.6 is 11.3 Å². The minimum absolute atomic E-state index is 1.10. The summed E-state index contributed by atoms with van der Waals surface area (Å²) in [4.78, 5) is 4.70. The second-order valence-electron chi connectivity index (χ2n) is 4.44. The number of thiazole rings is 1. The fourth-order valence-electron chi connectivity index (χ4n) is 2.14. The van der Waals surface area contributed by atoms with Crippen molar-refractivity contribution in [1.82, 2.24) is 4.98 Å². The number of nitrogens with zero attached hydrogens (tertiary/aromatic N) is 1. The van der Waals surface area contributed by atoms with E-state index >= 15 is 0 Å². The largest absolute Gasteiger partial charge is 0.236 e. The van der Waals surface area contributed by atoms with Crippen molar-refractivity contribution in [3.63, 3.8) is 0 Å². The van der Waals surface area contributed by atoms with Gasteiger partial charge in [-0.05, 0) is 30.2 Å². The molecule has 0 spiro atoms. The molecule has 0 radical (unpaired) electrons. The van der Waals surface area contributed by atoms with Crippen LogP contribution in [0.3, 0.4) is 0 Å². The Morgan fingerprint density at radius 2 is 1.94 bits per heavy atom. The summed E-state index contributed by atoms with van der Waals surface area (Å²) in [5.41, 5.74) is 3.73. The second kappa shape index (κ2) is 4.91. The topological polar surface area (TPSA) is 12.9 Å². The standard InChI is InChI=1S/C16H15NS/c1-2-6-12-7-5-8-13(11-12)16-17-14-9-3-4-10-15(14)18-16/h3-5,7-11H,2,6H2,1H3. The van der Waals surface area contributed by atoms with Gasteiger partial charge >= 0.3 is 0 Å². The predicted octanol–water partition coefficient (Wildman–Crippen LogP) is 4.92. The summed E-state index contributed by atoms with van der Waals surface area (Å²) in [6.07, 6.45) is 2.32. The Bertz CT molecular complexity index is 636. The molecule has 18 heavy (non-hydrogen) atoms. The SMILES string of the molecule is CCCc1cccc(-c2nc3ccccc3s2)c1. The lowest BCUT2D eigenvalue weighted by molar-refractivity contribution is 0.922. The van der Waals surface area contributed by atoms with E-state index < -0.39 is 0 Å². The predicted molar refractivity (Wildman–Crippen MR) is 79.1 cm³/mol. The van der Waals surface area contributed by atoms with E-state index in [9.17, 15) is 0 Å². The lowest BCUT2D eigenvalue weighted by Gasteiger charge is -2.01. The maximum atomic E-state index is 4.70. The lowest BCUT2D eigenvalue weighted by atomic mass is 10.1. The van der Waals surface area contributed by atoms with Crippen LogP contribution in [-0.2, 0) is 6.42 Å². The normalized spacial score (nSPS) is 10.9. The fraction of sp³-hybridized carbons (Fsp3) is 0.188. The molecule has 90 valence electrons. The van der Waals surface area contributed by atoms with E-state index in [1.807, 2.05) is 6.07 Å². The van der Waals surface area contributed by atoms with Crippen molar-refractivity contribution in [1.29, 1.82) is 0 Å². The van der Waals surface area contributed by atoms with Gasteiger partial charge in [0.1, 0.15) is 5.01 Å². The van der Waals surface area contributed by atoms with Crippen LogP contribution in [0, 0.1) is 0 Å². The van der Waals surface area contributed by atoms with Gasteiger partial charge in [0.15, 0.2) is 0 Å².